The minimum absolute atomic E-state index is 0. The molecule has 0 atom stereocenters. The Morgan fingerprint density at radius 3 is 2.57 bits per heavy atom. The van der Waals surface area contributed by atoms with Crippen LogP contribution in [0.1, 0.15) is 12.8 Å². The third kappa shape index (κ3) is 5.21. The van der Waals surface area contributed by atoms with Crippen LogP contribution in [0, 0.1) is 18.7 Å². The van der Waals surface area contributed by atoms with Gasteiger partial charge in [-0.1, -0.05) is 41.9 Å². The molecule has 5 rings (SSSR count). The number of carbonyl (C=O) groups is 1. The second-order valence-electron chi connectivity index (χ2n) is 7.90. The van der Waals surface area contributed by atoms with Crippen molar-refractivity contribution in [2.45, 2.75) is 12.8 Å². The molecule has 2 aromatic heterocycles. The average Bonchev–Trinajstić information content (AvgIpc) is 3.12. The number of nitrogens with zero attached hydrogens (tertiary/aromatic N) is 4. The fourth-order valence-corrected chi connectivity index (χ4v) is 4.39. The first kappa shape index (κ1) is 25.6. The van der Waals surface area contributed by atoms with Gasteiger partial charge in [-0.15, -0.1) is 13.1 Å². The Bertz CT molecular complexity index is 1390. The van der Waals surface area contributed by atoms with E-state index in [9.17, 15) is 4.79 Å². The van der Waals surface area contributed by atoms with Gasteiger partial charge in [0.25, 0.3) is 0 Å². The molecule has 10 heteroatoms. The number of hydrogen-bond donors (Lipinski definition) is 1. The first-order valence-electron chi connectivity index (χ1n) is 10.8. The van der Waals surface area contributed by atoms with Crippen LogP contribution in [0.15, 0.2) is 42.6 Å². The summed E-state index contributed by atoms with van der Waals surface area (Å²) in [4.78, 5) is 26.1. The van der Waals surface area contributed by atoms with Crippen LogP contribution in [-0.4, -0.2) is 45.7 Å². The van der Waals surface area contributed by atoms with Crippen LogP contribution in [0.4, 0.5) is 10.2 Å². The molecule has 3 heterocycles. The molecule has 0 amide bonds. The molecule has 0 bridgehead atoms. The summed E-state index contributed by atoms with van der Waals surface area (Å²) in [6.07, 6.45) is 7.64. The number of fused-ring (bicyclic) bond motifs is 2. The van der Waals surface area contributed by atoms with Gasteiger partial charge in [-0.05, 0) is 11.5 Å². The van der Waals surface area contributed by atoms with E-state index in [1.807, 2.05) is 29.2 Å². The number of halogens is 2. The fourth-order valence-electron chi connectivity index (χ4n) is 4.11. The van der Waals surface area contributed by atoms with Crippen LogP contribution < -0.4 is 39.2 Å². The fraction of sp³-hybridized carbons (Fsp3) is 0.200. The summed E-state index contributed by atoms with van der Waals surface area (Å²) >= 11 is 6.46. The molecule has 4 aromatic rings. The van der Waals surface area contributed by atoms with Gasteiger partial charge in [-0.2, -0.15) is 9.97 Å². The molecule has 0 radical (unpaired) electrons. The molecule has 1 fully saturated rings. The molecular weight excluding hydrogens is 482 g/mol. The van der Waals surface area contributed by atoms with Gasteiger partial charge in [0.05, 0.1) is 5.39 Å². The van der Waals surface area contributed by atoms with E-state index in [0.29, 0.717) is 40.3 Å². The van der Waals surface area contributed by atoms with Crippen molar-refractivity contribution in [3.8, 4) is 17.3 Å². The van der Waals surface area contributed by atoms with E-state index < -0.39 is 18.4 Å². The maximum atomic E-state index is 16.0. The van der Waals surface area contributed by atoms with Crippen molar-refractivity contribution in [3.05, 3.63) is 66.3 Å². The van der Waals surface area contributed by atoms with Gasteiger partial charge in [0, 0.05) is 22.2 Å². The summed E-state index contributed by atoms with van der Waals surface area (Å²) in [5.74, 6) is -1.40. The maximum absolute atomic E-state index is 16.0. The van der Waals surface area contributed by atoms with Crippen molar-refractivity contribution < 1.29 is 48.6 Å². The van der Waals surface area contributed by atoms with Crippen LogP contribution in [0.5, 0.6) is 6.01 Å². The Morgan fingerprint density at radius 2 is 1.86 bits per heavy atom. The molecular formula is C25H20ClFN4NaO3-. The van der Waals surface area contributed by atoms with Gasteiger partial charge in [0.15, 0.2) is 12.4 Å². The second-order valence-corrected chi connectivity index (χ2v) is 8.31. The summed E-state index contributed by atoms with van der Waals surface area (Å²) < 4.78 is 21.3. The third-order valence-corrected chi connectivity index (χ3v) is 5.97. The number of anilines is 1. The van der Waals surface area contributed by atoms with E-state index in [4.69, 9.17) is 21.4 Å². The largest absolute Gasteiger partial charge is 1.00 e. The quantitative estimate of drug-likeness (QED) is 0.331. The Balaban J connectivity index is 0.00000289. The van der Waals surface area contributed by atoms with Crippen LogP contribution in [0.2, 0.25) is 5.02 Å². The summed E-state index contributed by atoms with van der Waals surface area (Å²) in [7, 11) is 0. The Morgan fingerprint density at radius 1 is 1.14 bits per heavy atom. The molecule has 7 nitrogen and oxygen atoms in total. The molecule has 2 aromatic carbocycles. The third-order valence-electron chi connectivity index (χ3n) is 5.65. The number of aromatic nitrogens is 3. The normalized spacial score (nSPS) is 13.9. The van der Waals surface area contributed by atoms with Gasteiger partial charge in [0.1, 0.15) is 17.0 Å². The topological polar surface area (TPSA) is 88.4 Å². The number of benzene rings is 2. The van der Waals surface area contributed by atoms with E-state index in [2.05, 4.69) is 27.8 Å². The first-order valence-corrected chi connectivity index (χ1v) is 11.2. The zero-order valence-electron chi connectivity index (χ0n) is 19.0. The van der Waals surface area contributed by atoms with Crippen LogP contribution in [-0.2, 0) is 4.79 Å². The van der Waals surface area contributed by atoms with Crippen molar-refractivity contribution in [1.29, 1.82) is 0 Å². The van der Waals surface area contributed by atoms with E-state index in [0.717, 1.165) is 18.2 Å². The monoisotopic (exact) mass is 501 g/mol. The van der Waals surface area contributed by atoms with Gasteiger partial charge in [-0.3, -0.25) is 4.98 Å². The molecule has 0 saturated carbocycles. The maximum Gasteiger partial charge on any atom is 1.00 e. The van der Waals surface area contributed by atoms with Crippen molar-refractivity contribution >= 4 is 45.1 Å². The molecule has 1 aliphatic heterocycles. The van der Waals surface area contributed by atoms with E-state index in [1.54, 1.807) is 18.3 Å². The zero-order chi connectivity index (χ0) is 23.7. The molecule has 0 spiro atoms. The number of pyridine rings is 1. The number of carboxylic acids is 1. The molecule has 1 saturated heterocycles. The molecule has 1 N–H and O–H groups in total. The minimum Gasteiger partial charge on any atom is -0.479 e. The summed E-state index contributed by atoms with van der Waals surface area (Å²) in [5.41, 5.74) is 0.629. The molecule has 0 unspecified atom stereocenters. The Labute approximate surface area is 228 Å². The SMILES string of the molecule is O=C(O)COc1nc(N2C[CH-]CC[CH-]C2)c2cnc(-c3cccc4cccc(Cl)c34)c(F)c2n1.[Na+]. The number of carboxylic acid groups (broad SMARTS) is 1. The van der Waals surface area contributed by atoms with Gasteiger partial charge in [-0.25, -0.2) is 22.0 Å². The Kier molecular flexibility index (Phi) is 8.06. The van der Waals surface area contributed by atoms with Crippen molar-refractivity contribution in [2.24, 2.45) is 0 Å². The second kappa shape index (κ2) is 11.0. The van der Waals surface area contributed by atoms with E-state index >= 15 is 4.39 Å². The predicted octanol–water partition coefficient (Wildman–Crippen LogP) is 2.11. The molecule has 35 heavy (non-hydrogen) atoms. The van der Waals surface area contributed by atoms with Gasteiger partial charge < -0.3 is 27.6 Å². The number of aliphatic carboxylic acids is 1. The van der Waals surface area contributed by atoms with Crippen molar-refractivity contribution in [3.63, 3.8) is 0 Å². The summed E-state index contributed by atoms with van der Waals surface area (Å²) in [5, 5.41) is 11.5. The number of hydrogen-bond acceptors (Lipinski definition) is 6. The van der Waals surface area contributed by atoms with Crippen LogP contribution in [0.25, 0.3) is 32.9 Å². The van der Waals surface area contributed by atoms with E-state index in [-0.39, 0.29) is 46.8 Å². The zero-order valence-corrected chi connectivity index (χ0v) is 21.8. The number of ether oxygens (including phenoxy) is 1. The van der Waals surface area contributed by atoms with Gasteiger partial charge in [0.2, 0.25) is 0 Å². The standard InChI is InChI=1S/C25H20ClFN4O3.Na/c26-18-10-6-8-15-7-5-9-16(20(15)18)22-21(27)23-17(13-28-22)24(31-11-3-1-2-4-12-31)30-25(29-23)34-14-19(32)33;/h3-10,13H,1-2,11-12,14H2,(H,32,33);/q-2;+1. The minimum atomic E-state index is -1.18. The smallest absolute Gasteiger partial charge is 0.479 e. The van der Waals surface area contributed by atoms with E-state index in [1.165, 1.54) is 0 Å². The predicted molar refractivity (Wildman–Crippen MR) is 128 cm³/mol. The van der Waals surface area contributed by atoms with Crippen LogP contribution in [0.3, 0.4) is 0 Å². The Hall–Kier alpha value is -2.52. The van der Waals surface area contributed by atoms with Crippen molar-refractivity contribution in [2.75, 3.05) is 24.6 Å². The summed E-state index contributed by atoms with van der Waals surface area (Å²) in [6, 6.07) is 10.7. The average molecular weight is 502 g/mol. The molecule has 1 aliphatic rings. The van der Waals surface area contributed by atoms with Crippen LogP contribution >= 0.6 is 11.6 Å². The van der Waals surface area contributed by atoms with Gasteiger partial charge >= 0.3 is 41.5 Å². The first-order chi connectivity index (χ1) is 16.5. The molecule has 0 aliphatic carbocycles. The summed E-state index contributed by atoms with van der Waals surface area (Å²) in [6.45, 7) is 0.564. The van der Waals surface area contributed by atoms with Crippen molar-refractivity contribution in [1.82, 2.24) is 15.0 Å². The number of rotatable bonds is 5. The molecule has 174 valence electrons.